The first-order valence-corrected chi connectivity index (χ1v) is 6.10. The average Bonchev–Trinajstić information content (AvgIpc) is 2.61. The van der Waals surface area contributed by atoms with E-state index in [1.165, 1.54) is 0 Å². The number of hydrogen-bond donors (Lipinski definition) is 3. The molecule has 7 heteroatoms. The first-order chi connectivity index (χ1) is 8.54. The van der Waals surface area contributed by atoms with Gasteiger partial charge in [0.15, 0.2) is 5.17 Å². The summed E-state index contributed by atoms with van der Waals surface area (Å²) in [4.78, 5) is 23.1. The molecular formula is C11H8ClN3O2S. The number of halogens is 1. The maximum Gasteiger partial charge on any atom is 0.264 e. The van der Waals surface area contributed by atoms with E-state index < -0.39 is 11.8 Å². The fourth-order valence-electron chi connectivity index (χ4n) is 1.27. The average molecular weight is 282 g/mol. The lowest BCUT2D eigenvalue weighted by Gasteiger charge is -2.01. The molecule has 3 N–H and O–H groups in total. The SMILES string of the molecule is N=C1NC(=O)/C(=C\C(=O)Nc2ccc(Cl)cc2)S1. The van der Waals surface area contributed by atoms with Gasteiger partial charge in [0.05, 0.1) is 4.91 Å². The van der Waals surface area contributed by atoms with Crippen molar-refractivity contribution in [3.8, 4) is 0 Å². The van der Waals surface area contributed by atoms with E-state index in [9.17, 15) is 9.59 Å². The number of benzene rings is 1. The monoisotopic (exact) mass is 281 g/mol. The number of nitrogens with one attached hydrogen (secondary N) is 3. The Hall–Kier alpha value is -1.79. The molecule has 0 radical (unpaired) electrons. The maximum atomic E-state index is 11.6. The normalized spacial score (nSPS) is 16.8. The van der Waals surface area contributed by atoms with Gasteiger partial charge in [-0.05, 0) is 36.0 Å². The highest BCUT2D eigenvalue weighted by atomic mass is 35.5. The van der Waals surface area contributed by atoms with Crippen molar-refractivity contribution < 1.29 is 9.59 Å². The Bertz CT molecular complexity index is 554. The maximum absolute atomic E-state index is 11.6. The van der Waals surface area contributed by atoms with Crippen molar-refractivity contribution in [3.63, 3.8) is 0 Å². The molecule has 18 heavy (non-hydrogen) atoms. The van der Waals surface area contributed by atoms with Gasteiger partial charge in [-0.2, -0.15) is 0 Å². The van der Waals surface area contributed by atoms with Crippen molar-refractivity contribution in [3.05, 3.63) is 40.3 Å². The van der Waals surface area contributed by atoms with E-state index in [0.717, 1.165) is 17.8 Å². The van der Waals surface area contributed by atoms with Crippen LogP contribution in [-0.2, 0) is 9.59 Å². The molecule has 0 aromatic heterocycles. The summed E-state index contributed by atoms with van der Waals surface area (Å²) in [6.07, 6.45) is 1.16. The van der Waals surface area contributed by atoms with Crippen molar-refractivity contribution in [1.82, 2.24) is 5.32 Å². The molecule has 1 fully saturated rings. The number of amidine groups is 1. The second kappa shape index (κ2) is 5.24. The summed E-state index contributed by atoms with van der Waals surface area (Å²) in [6, 6.07) is 6.61. The van der Waals surface area contributed by atoms with Crippen LogP contribution in [0.1, 0.15) is 0 Å². The van der Waals surface area contributed by atoms with E-state index in [0.29, 0.717) is 10.7 Å². The van der Waals surface area contributed by atoms with Gasteiger partial charge in [0.1, 0.15) is 0 Å². The highest BCUT2D eigenvalue weighted by Crippen LogP contribution is 2.22. The molecule has 1 aliphatic heterocycles. The van der Waals surface area contributed by atoms with Gasteiger partial charge in [0.2, 0.25) is 5.91 Å². The second-order valence-electron chi connectivity index (χ2n) is 3.39. The topological polar surface area (TPSA) is 82.1 Å². The van der Waals surface area contributed by atoms with Crippen LogP contribution in [0.15, 0.2) is 35.2 Å². The summed E-state index contributed by atoms with van der Waals surface area (Å²) in [7, 11) is 0. The summed E-state index contributed by atoms with van der Waals surface area (Å²) < 4.78 is 0. The largest absolute Gasteiger partial charge is 0.322 e. The van der Waals surface area contributed by atoms with E-state index >= 15 is 0 Å². The van der Waals surface area contributed by atoms with Gasteiger partial charge in [-0.25, -0.2) is 0 Å². The van der Waals surface area contributed by atoms with E-state index in [2.05, 4.69) is 10.6 Å². The Morgan fingerprint density at radius 2 is 2.06 bits per heavy atom. The van der Waals surface area contributed by atoms with Gasteiger partial charge in [0.25, 0.3) is 5.91 Å². The molecule has 1 aliphatic rings. The van der Waals surface area contributed by atoms with Crippen molar-refractivity contribution in [2.45, 2.75) is 0 Å². The summed E-state index contributed by atoms with van der Waals surface area (Å²) in [6.45, 7) is 0. The number of carbonyl (C=O) groups is 2. The molecule has 1 heterocycles. The van der Waals surface area contributed by atoms with Gasteiger partial charge in [-0.15, -0.1) is 0 Å². The first-order valence-electron chi connectivity index (χ1n) is 4.90. The first kappa shape index (κ1) is 12.7. The highest BCUT2D eigenvalue weighted by molar-refractivity contribution is 8.18. The third kappa shape index (κ3) is 3.12. The van der Waals surface area contributed by atoms with Crippen molar-refractivity contribution >= 4 is 46.0 Å². The molecule has 0 spiro atoms. The van der Waals surface area contributed by atoms with Crippen molar-refractivity contribution in [2.75, 3.05) is 5.32 Å². The Morgan fingerprint density at radius 1 is 1.39 bits per heavy atom. The molecule has 1 saturated heterocycles. The molecule has 5 nitrogen and oxygen atoms in total. The zero-order valence-electron chi connectivity index (χ0n) is 8.99. The Labute approximate surface area is 112 Å². The number of anilines is 1. The number of hydrogen-bond acceptors (Lipinski definition) is 4. The fraction of sp³-hybridized carbons (Fsp3) is 0. The van der Waals surface area contributed by atoms with Crippen LogP contribution < -0.4 is 10.6 Å². The molecule has 0 bridgehead atoms. The van der Waals surface area contributed by atoms with Crippen LogP contribution in [-0.4, -0.2) is 17.0 Å². The van der Waals surface area contributed by atoms with Crippen LogP contribution in [0.4, 0.5) is 5.69 Å². The smallest absolute Gasteiger partial charge is 0.264 e. The van der Waals surface area contributed by atoms with Gasteiger partial charge < -0.3 is 10.6 Å². The zero-order chi connectivity index (χ0) is 13.1. The molecule has 2 rings (SSSR count). The number of thioether (sulfide) groups is 1. The molecule has 0 aliphatic carbocycles. The molecule has 0 atom stereocenters. The number of amides is 2. The quantitative estimate of drug-likeness (QED) is 0.725. The standard InChI is InChI=1S/C11H8ClN3O2S/c12-6-1-3-7(4-2-6)14-9(16)5-8-10(17)15-11(13)18-8/h1-5H,(H,14,16)(H2,13,15,17)/b8-5+. The number of carbonyl (C=O) groups excluding carboxylic acids is 2. The molecule has 0 unspecified atom stereocenters. The van der Waals surface area contributed by atoms with Crippen LogP contribution in [0.2, 0.25) is 5.02 Å². The minimum absolute atomic E-state index is 0.0190. The van der Waals surface area contributed by atoms with Crippen LogP contribution in [0.25, 0.3) is 0 Å². The number of rotatable bonds is 2. The minimum atomic E-state index is -0.434. The lowest BCUT2D eigenvalue weighted by molar-refractivity contribution is -0.116. The molecular weight excluding hydrogens is 274 g/mol. The second-order valence-corrected chi connectivity index (χ2v) is 4.88. The molecule has 1 aromatic carbocycles. The van der Waals surface area contributed by atoms with E-state index in [-0.39, 0.29) is 10.1 Å². The van der Waals surface area contributed by atoms with Gasteiger partial charge in [0, 0.05) is 16.8 Å². The third-order valence-corrected chi connectivity index (χ3v) is 3.12. The van der Waals surface area contributed by atoms with Gasteiger partial charge in [-0.1, -0.05) is 11.6 Å². The lowest BCUT2D eigenvalue weighted by atomic mass is 10.3. The Kier molecular flexibility index (Phi) is 3.69. The lowest BCUT2D eigenvalue weighted by Crippen LogP contribution is -2.19. The highest BCUT2D eigenvalue weighted by Gasteiger charge is 2.23. The summed E-state index contributed by atoms with van der Waals surface area (Å²) in [5, 5.41) is 12.7. The van der Waals surface area contributed by atoms with Gasteiger partial charge >= 0.3 is 0 Å². The van der Waals surface area contributed by atoms with E-state index in [4.69, 9.17) is 17.0 Å². The Balaban J connectivity index is 2.05. The van der Waals surface area contributed by atoms with E-state index in [1.54, 1.807) is 24.3 Å². The summed E-state index contributed by atoms with van der Waals surface area (Å²) >= 11 is 6.63. The summed E-state index contributed by atoms with van der Waals surface area (Å²) in [5.74, 6) is -0.860. The zero-order valence-corrected chi connectivity index (χ0v) is 10.6. The van der Waals surface area contributed by atoms with Crippen molar-refractivity contribution in [1.29, 1.82) is 5.41 Å². The molecule has 92 valence electrons. The predicted molar refractivity (Wildman–Crippen MR) is 71.6 cm³/mol. The Morgan fingerprint density at radius 3 is 2.61 bits per heavy atom. The van der Waals surface area contributed by atoms with Crippen LogP contribution in [0.3, 0.4) is 0 Å². The van der Waals surface area contributed by atoms with Crippen molar-refractivity contribution in [2.24, 2.45) is 0 Å². The predicted octanol–water partition coefficient (Wildman–Crippen LogP) is 1.96. The van der Waals surface area contributed by atoms with Gasteiger partial charge in [-0.3, -0.25) is 15.0 Å². The molecule has 2 amide bonds. The molecule has 0 saturated carbocycles. The minimum Gasteiger partial charge on any atom is -0.322 e. The summed E-state index contributed by atoms with van der Waals surface area (Å²) in [5.41, 5.74) is 0.583. The van der Waals surface area contributed by atoms with Crippen LogP contribution in [0.5, 0.6) is 0 Å². The van der Waals surface area contributed by atoms with Crippen LogP contribution >= 0.6 is 23.4 Å². The van der Waals surface area contributed by atoms with Crippen LogP contribution in [0, 0.1) is 5.41 Å². The van der Waals surface area contributed by atoms with E-state index in [1.807, 2.05) is 0 Å². The third-order valence-electron chi connectivity index (χ3n) is 2.04. The fourth-order valence-corrected chi connectivity index (χ4v) is 2.07. The molecule has 1 aromatic rings.